The molecule has 1 aromatic carbocycles. The van der Waals surface area contributed by atoms with Crippen molar-refractivity contribution in [2.45, 2.75) is 39.0 Å². The zero-order chi connectivity index (χ0) is 21.3. The molecular formula is C24H32N2O4. The molecule has 0 spiro atoms. The minimum atomic E-state index is -0.528. The maximum Gasteiger partial charge on any atom is 0.349 e. The van der Waals surface area contributed by atoms with Crippen molar-refractivity contribution in [3.63, 3.8) is 0 Å². The third-order valence-electron chi connectivity index (χ3n) is 5.69. The molecule has 2 aromatic rings. The second kappa shape index (κ2) is 11.1. The summed E-state index contributed by atoms with van der Waals surface area (Å²) in [6, 6.07) is 12.1. The Morgan fingerprint density at radius 3 is 2.43 bits per heavy atom. The van der Waals surface area contributed by atoms with Crippen molar-refractivity contribution in [3.05, 3.63) is 69.3 Å². The SMILES string of the molecule is Cc1cc(CCCc2ccccc2)oc(=O)c1C(=O)N1CCN(CCCCO)CC1. The van der Waals surface area contributed by atoms with Gasteiger partial charge in [0.1, 0.15) is 11.3 Å². The summed E-state index contributed by atoms with van der Waals surface area (Å²) in [5, 5.41) is 8.90. The Hall–Kier alpha value is -2.44. The minimum absolute atomic E-state index is 0.163. The average Bonchev–Trinajstić information content (AvgIpc) is 2.75. The largest absolute Gasteiger partial charge is 0.427 e. The lowest BCUT2D eigenvalue weighted by atomic mass is 10.1. The Labute approximate surface area is 178 Å². The van der Waals surface area contributed by atoms with Gasteiger partial charge in [0, 0.05) is 39.2 Å². The van der Waals surface area contributed by atoms with Crippen molar-refractivity contribution >= 4 is 5.91 Å². The summed E-state index contributed by atoms with van der Waals surface area (Å²) in [6.07, 6.45) is 4.24. The normalized spacial score (nSPS) is 14.8. The monoisotopic (exact) mass is 412 g/mol. The molecule has 1 aromatic heterocycles. The molecule has 1 aliphatic heterocycles. The zero-order valence-corrected chi connectivity index (χ0v) is 17.8. The topological polar surface area (TPSA) is 74.0 Å². The van der Waals surface area contributed by atoms with E-state index in [1.807, 2.05) is 31.2 Å². The summed E-state index contributed by atoms with van der Waals surface area (Å²) in [4.78, 5) is 29.5. The number of hydrogen-bond donors (Lipinski definition) is 1. The van der Waals surface area contributed by atoms with Gasteiger partial charge in [-0.1, -0.05) is 30.3 Å². The molecule has 162 valence electrons. The van der Waals surface area contributed by atoms with Gasteiger partial charge in [0.05, 0.1) is 0 Å². The summed E-state index contributed by atoms with van der Waals surface area (Å²) in [5.74, 6) is 0.408. The van der Waals surface area contributed by atoms with E-state index in [1.54, 1.807) is 4.90 Å². The third kappa shape index (κ3) is 6.03. The average molecular weight is 413 g/mol. The van der Waals surface area contributed by atoms with Crippen LogP contribution in [-0.4, -0.2) is 60.1 Å². The molecule has 0 aliphatic carbocycles. The molecule has 2 heterocycles. The Bertz CT molecular complexity index is 871. The van der Waals surface area contributed by atoms with Gasteiger partial charge in [0.15, 0.2) is 0 Å². The zero-order valence-electron chi connectivity index (χ0n) is 17.8. The highest BCUT2D eigenvalue weighted by Crippen LogP contribution is 2.14. The second-order valence-electron chi connectivity index (χ2n) is 7.96. The van der Waals surface area contributed by atoms with E-state index in [9.17, 15) is 9.59 Å². The maximum absolute atomic E-state index is 12.9. The molecule has 1 saturated heterocycles. The van der Waals surface area contributed by atoms with Crippen LogP contribution in [0.3, 0.4) is 0 Å². The van der Waals surface area contributed by atoms with Crippen molar-refractivity contribution in [1.82, 2.24) is 9.80 Å². The number of nitrogens with zero attached hydrogens (tertiary/aromatic N) is 2. The van der Waals surface area contributed by atoms with Crippen LogP contribution in [0, 0.1) is 6.92 Å². The fraction of sp³-hybridized carbons (Fsp3) is 0.500. The minimum Gasteiger partial charge on any atom is -0.427 e. The summed E-state index contributed by atoms with van der Waals surface area (Å²) < 4.78 is 5.49. The van der Waals surface area contributed by atoms with E-state index in [0.717, 1.165) is 45.3 Å². The van der Waals surface area contributed by atoms with Crippen LogP contribution in [0.5, 0.6) is 0 Å². The Balaban J connectivity index is 1.56. The predicted octanol–water partition coefficient (Wildman–Crippen LogP) is 2.65. The molecule has 30 heavy (non-hydrogen) atoms. The Morgan fingerprint density at radius 1 is 1.03 bits per heavy atom. The Morgan fingerprint density at radius 2 is 1.77 bits per heavy atom. The highest BCUT2D eigenvalue weighted by molar-refractivity contribution is 5.95. The van der Waals surface area contributed by atoms with Crippen molar-refractivity contribution in [2.75, 3.05) is 39.3 Å². The quantitative estimate of drug-likeness (QED) is 0.641. The van der Waals surface area contributed by atoms with Gasteiger partial charge >= 0.3 is 5.63 Å². The molecule has 3 rings (SSSR count). The van der Waals surface area contributed by atoms with Crippen LogP contribution >= 0.6 is 0 Å². The van der Waals surface area contributed by atoms with E-state index in [0.29, 0.717) is 30.8 Å². The lowest BCUT2D eigenvalue weighted by Gasteiger charge is -2.34. The highest BCUT2D eigenvalue weighted by atomic mass is 16.4. The lowest BCUT2D eigenvalue weighted by Crippen LogP contribution is -2.49. The number of rotatable bonds is 9. The van der Waals surface area contributed by atoms with Gasteiger partial charge in [-0.15, -0.1) is 0 Å². The summed E-state index contributed by atoms with van der Waals surface area (Å²) in [7, 11) is 0. The van der Waals surface area contributed by atoms with Crippen LogP contribution in [0.15, 0.2) is 45.6 Å². The van der Waals surface area contributed by atoms with Crippen molar-refractivity contribution in [3.8, 4) is 0 Å². The first kappa shape index (κ1) is 22.2. The van der Waals surface area contributed by atoms with E-state index in [2.05, 4.69) is 17.0 Å². The van der Waals surface area contributed by atoms with Crippen molar-refractivity contribution < 1.29 is 14.3 Å². The number of aliphatic hydroxyl groups is 1. The van der Waals surface area contributed by atoms with E-state index >= 15 is 0 Å². The first-order chi connectivity index (χ1) is 14.6. The maximum atomic E-state index is 12.9. The standard InChI is InChI=1S/C24H32N2O4/c1-19-18-21(11-7-10-20-8-3-2-4-9-20)30-24(29)22(19)23(28)26-15-13-25(14-16-26)12-5-6-17-27/h2-4,8-9,18,27H,5-7,10-17H2,1H3. The van der Waals surface area contributed by atoms with Gasteiger partial charge in [-0.3, -0.25) is 9.69 Å². The third-order valence-corrected chi connectivity index (χ3v) is 5.69. The molecule has 0 unspecified atom stereocenters. The highest BCUT2D eigenvalue weighted by Gasteiger charge is 2.26. The smallest absolute Gasteiger partial charge is 0.349 e. The molecule has 1 fully saturated rings. The predicted molar refractivity (Wildman–Crippen MR) is 117 cm³/mol. The number of aryl methyl sites for hydroxylation is 3. The van der Waals surface area contributed by atoms with Gasteiger partial charge in [-0.05, 0) is 56.3 Å². The van der Waals surface area contributed by atoms with Crippen LogP contribution in [-0.2, 0) is 12.8 Å². The second-order valence-corrected chi connectivity index (χ2v) is 7.96. The van der Waals surface area contributed by atoms with Crippen LogP contribution in [0.25, 0.3) is 0 Å². The number of unbranched alkanes of at least 4 members (excludes halogenated alkanes) is 1. The fourth-order valence-corrected chi connectivity index (χ4v) is 3.94. The molecule has 0 saturated carbocycles. The molecule has 1 aliphatic rings. The number of amides is 1. The van der Waals surface area contributed by atoms with Crippen molar-refractivity contribution in [2.24, 2.45) is 0 Å². The molecular weight excluding hydrogens is 380 g/mol. The van der Waals surface area contributed by atoms with Crippen LogP contribution < -0.4 is 5.63 Å². The van der Waals surface area contributed by atoms with Gasteiger partial charge < -0.3 is 14.4 Å². The van der Waals surface area contributed by atoms with Crippen LogP contribution in [0.1, 0.15) is 46.5 Å². The number of piperazine rings is 1. The van der Waals surface area contributed by atoms with Gasteiger partial charge in [0.25, 0.3) is 5.91 Å². The number of carbonyl (C=O) groups excluding carboxylic acids is 1. The van der Waals surface area contributed by atoms with E-state index in [1.165, 1.54) is 5.56 Å². The molecule has 1 N–H and O–H groups in total. The molecule has 0 atom stereocenters. The molecule has 1 amide bonds. The van der Waals surface area contributed by atoms with Gasteiger partial charge in [-0.2, -0.15) is 0 Å². The van der Waals surface area contributed by atoms with Crippen LogP contribution in [0.2, 0.25) is 0 Å². The van der Waals surface area contributed by atoms with E-state index in [4.69, 9.17) is 9.52 Å². The van der Waals surface area contributed by atoms with Crippen molar-refractivity contribution in [1.29, 1.82) is 0 Å². The summed E-state index contributed by atoms with van der Waals surface area (Å²) in [5.41, 5.74) is 1.59. The Kier molecular flexibility index (Phi) is 8.22. The molecule has 0 bridgehead atoms. The lowest BCUT2D eigenvalue weighted by molar-refractivity contribution is 0.0628. The molecule has 6 nitrogen and oxygen atoms in total. The first-order valence-electron chi connectivity index (χ1n) is 10.9. The fourth-order valence-electron chi connectivity index (χ4n) is 3.94. The number of hydrogen-bond acceptors (Lipinski definition) is 5. The molecule has 0 radical (unpaired) electrons. The van der Waals surface area contributed by atoms with E-state index < -0.39 is 5.63 Å². The summed E-state index contributed by atoms with van der Waals surface area (Å²) in [6.45, 7) is 5.76. The van der Waals surface area contributed by atoms with Gasteiger partial charge in [-0.25, -0.2) is 4.79 Å². The number of benzene rings is 1. The van der Waals surface area contributed by atoms with Crippen LogP contribution in [0.4, 0.5) is 0 Å². The number of carbonyl (C=O) groups is 1. The first-order valence-corrected chi connectivity index (χ1v) is 10.9. The number of aliphatic hydroxyl groups excluding tert-OH is 1. The summed E-state index contributed by atoms with van der Waals surface area (Å²) >= 11 is 0. The van der Waals surface area contributed by atoms with E-state index in [-0.39, 0.29) is 18.1 Å². The molecule has 6 heteroatoms. The van der Waals surface area contributed by atoms with Gasteiger partial charge in [0.2, 0.25) is 0 Å².